The first kappa shape index (κ1) is 21.1. The number of anilines is 1. The number of aromatic nitrogens is 2. The Labute approximate surface area is 162 Å². The van der Waals surface area contributed by atoms with Gasteiger partial charge in [0.25, 0.3) is 5.56 Å². The highest BCUT2D eigenvalue weighted by atomic mass is 16.5. The van der Waals surface area contributed by atoms with Gasteiger partial charge in [0, 0.05) is 13.6 Å². The summed E-state index contributed by atoms with van der Waals surface area (Å²) in [5, 5.41) is 0. The lowest BCUT2D eigenvalue weighted by Gasteiger charge is -2.16. The smallest absolute Gasteiger partial charge is 0.338 e. The average Bonchev–Trinajstić information content (AvgIpc) is 2.63. The topological polar surface area (TPSA) is 113 Å². The van der Waals surface area contributed by atoms with Crippen LogP contribution in [-0.2, 0) is 18.3 Å². The van der Waals surface area contributed by atoms with Crippen LogP contribution in [0.5, 0.6) is 0 Å². The van der Waals surface area contributed by atoms with Gasteiger partial charge in [0.1, 0.15) is 11.4 Å². The molecule has 0 amide bonds. The van der Waals surface area contributed by atoms with E-state index in [0.717, 1.165) is 10.1 Å². The molecular formula is C20H25N3O5. The summed E-state index contributed by atoms with van der Waals surface area (Å²) >= 11 is 0. The van der Waals surface area contributed by atoms with Crippen LogP contribution in [0.3, 0.4) is 0 Å². The molecule has 28 heavy (non-hydrogen) atoms. The molecule has 8 heteroatoms. The predicted octanol–water partition coefficient (Wildman–Crippen LogP) is 1.44. The van der Waals surface area contributed by atoms with Gasteiger partial charge in [0.2, 0.25) is 5.78 Å². The number of hydrogen-bond donors (Lipinski definition) is 1. The van der Waals surface area contributed by atoms with E-state index in [1.54, 1.807) is 19.1 Å². The summed E-state index contributed by atoms with van der Waals surface area (Å²) in [6.45, 7) is 6.96. The van der Waals surface area contributed by atoms with Crippen LogP contribution in [0.4, 0.5) is 5.82 Å². The van der Waals surface area contributed by atoms with Gasteiger partial charge < -0.3 is 10.5 Å². The van der Waals surface area contributed by atoms with E-state index in [2.05, 4.69) is 0 Å². The second kappa shape index (κ2) is 8.24. The van der Waals surface area contributed by atoms with Crippen molar-refractivity contribution >= 4 is 17.6 Å². The van der Waals surface area contributed by atoms with Crippen LogP contribution in [-0.4, -0.2) is 27.5 Å². The van der Waals surface area contributed by atoms with Crippen molar-refractivity contribution in [1.29, 1.82) is 0 Å². The number of benzene rings is 1. The van der Waals surface area contributed by atoms with E-state index in [0.29, 0.717) is 11.1 Å². The minimum absolute atomic E-state index is 0.0718. The Balaban J connectivity index is 2.33. The van der Waals surface area contributed by atoms with E-state index in [-0.39, 0.29) is 23.8 Å². The number of carbonyl (C=O) groups is 2. The molecule has 0 radical (unpaired) electrons. The zero-order valence-corrected chi connectivity index (χ0v) is 16.7. The zero-order valence-electron chi connectivity index (χ0n) is 16.7. The fraction of sp³-hybridized carbons (Fsp3) is 0.400. The molecule has 0 saturated carbocycles. The third kappa shape index (κ3) is 4.21. The first-order valence-corrected chi connectivity index (χ1v) is 8.91. The molecular weight excluding hydrogens is 362 g/mol. The largest absolute Gasteiger partial charge is 0.454 e. The highest BCUT2D eigenvalue weighted by molar-refractivity contribution is 6.02. The Kier molecular flexibility index (Phi) is 6.23. The Morgan fingerprint density at radius 2 is 1.82 bits per heavy atom. The summed E-state index contributed by atoms with van der Waals surface area (Å²) in [6, 6.07) is 5.31. The van der Waals surface area contributed by atoms with Gasteiger partial charge in [0.05, 0.1) is 5.56 Å². The lowest BCUT2D eigenvalue weighted by molar-refractivity contribution is 0.0473. The van der Waals surface area contributed by atoms with Gasteiger partial charge in [-0.05, 0) is 31.4 Å². The molecule has 0 aliphatic carbocycles. The second-order valence-corrected chi connectivity index (χ2v) is 7.23. The molecule has 0 atom stereocenters. The van der Waals surface area contributed by atoms with Gasteiger partial charge in [-0.25, -0.2) is 9.59 Å². The van der Waals surface area contributed by atoms with E-state index < -0.39 is 29.6 Å². The Morgan fingerprint density at radius 3 is 2.43 bits per heavy atom. The van der Waals surface area contributed by atoms with Crippen LogP contribution in [0.25, 0.3) is 0 Å². The van der Waals surface area contributed by atoms with Crippen LogP contribution < -0.4 is 17.0 Å². The van der Waals surface area contributed by atoms with E-state index in [9.17, 15) is 19.2 Å². The molecule has 0 bridgehead atoms. The van der Waals surface area contributed by atoms with Crippen molar-refractivity contribution in [2.45, 2.75) is 34.2 Å². The third-order valence-electron chi connectivity index (χ3n) is 4.36. The second-order valence-electron chi connectivity index (χ2n) is 7.23. The molecule has 0 unspecified atom stereocenters. The number of ether oxygens (including phenoxy) is 1. The molecule has 2 aromatic rings. The number of esters is 1. The monoisotopic (exact) mass is 387 g/mol. The van der Waals surface area contributed by atoms with Crippen molar-refractivity contribution in [1.82, 2.24) is 9.13 Å². The summed E-state index contributed by atoms with van der Waals surface area (Å²) < 4.78 is 7.12. The lowest BCUT2D eigenvalue weighted by Crippen LogP contribution is -2.43. The summed E-state index contributed by atoms with van der Waals surface area (Å²) in [5.74, 6) is -1.56. The number of Topliss-reactive ketones (excluding diaryl/α,β-unsaturated/α-hetero) is 1. The molecule has 0 spiro atoms. The molecule has 1 aromatic heterocycles. The van der Waals surface area contributed by atoms with Crippen molar-refractivity contribution in [2.75, 3.05) is 12.3 Å². The first-order chi connectivity index (χ1) is 13.0. The Hall–Kier alpha value is -3.16. The predicted molar refractivity (Wildman–Crippen MR) is 106 cm³/mol. The number of ketones is 1. The Bertz CT molecular complexity index is 1050. The summed E-state index contributed by atoms with van der Waals surface area (Å²) in [5.41, 5.74) is 6.13. The Morgan fingerprint density at radius 1 is 1.18 bits per heavy atom. The SMILES string of the molecule is Cc1ccc(C)c(C(=O)OCC(=O)c2c(N)n(CC(C)C)c(=O)n(C)c2=O)c1. The van der Waals surface area contributed by atoms with Crippen LogP contribution in [0.2, 0.25) is 0 Å². The lowest BCUT2D eigenvalue weighted by atomic mass is 10.1. The van der Waals surface area contributed by atoms with Gasteiger partial charge >= 0.3 is 11.7 Å². The highest BCUT2D eigenvalue weighted by Gasteiger charge is 2.23. The fourth-order valence-corrected chi connectivity index (χ4v) is 2.82. The minimum Gasteiger partial charge on any atom is -0.454 e. The molecule has 0 aliphatic heterocycles. The number of nitrogen functional groups attached to an aromatic ring is 1. The number of nitrogens with zero attached hydrogens (tertiary/aromatic N) is 2. The van der Waals surface area contributed by atoms with Crippen molar-refractivity contribution < 1.29 is 14.3 Å². The van der Waals surface area contributed by atoms with E-state index in [1.807, 2.05) is 26.8 Å². The first-order valence-electron chi connectivity index (χ1n) is 8.91. The van der Waals surface area contributed by atoms with Crippen LogP contribution in [0.1, 0.15) is 45.7 Å². The van der Waals surface area contributed by atoms with E-state index in [1.165, 1.54) is 11.6 Å². The highest BCUT2D eigenvalue weighted by Crippen LogP contribution is 2.13. The summed E-state index contributed by atoms with van der Waals surface area (Å²) in [4.78, 5) is 49.6. The van der Waals surface area contributed by atoms with Gasteiger partial charge in [-0.1, -0.05) is 31.5 Å². The fourth-order valence-electron chi connectivity index (χ4n) is 2.82. The van der Waals surface area contributed by atoms with Gasteiger partial charge in [0.15, 0.2) is 6.61 Å². The number of hydrogen-bond acceptors (Lipinski definition) is 6. The number of aryl methyl sites for hydroxylation is 2. The van der Waals surface area contributed by atoms with Crippen LogP contribution in [0, 0.1) is 19.8 Å². The van der Waals surface area contributed by atoms with E-state index in [4.69, 9.17) is 10.5 Å². The molecule has 2 N–H and O–H groups in total. The molecule has 0 fully saturated rings. The van der Waals surface area contributed by atoms with Crippen LogP contribution >= 0.6 is 0 Å². The van der Waals surface area contributed by atoms with Gasteiger partial charge in [-0.15, -0.1) is 0 Å². The average molecular weight is 387 g/mol. The third-order valence-corrected chi connectivity index (χ3v) is 4.36. The molecule has 2 rings (SSSR count). The minimum atomic E-state index is -0.810. The maximum atomic E-state index is 12.6. The standard InChI is InChI=1S/C20H25N3O5/c1-11(2)9-23-17(21)16(18(25)22(5)20(23)27)15(24)10-28-19(26)14-8-12(3)6-7-13(14)4/h6-8,11H,9-10,21H2,1-5H3. The van der Waals surface area contributed by atoms with Crippen molar-refractivity contribution in [2.24, 2.45) is 13.0 Å². The molecule has 1 aromatic carbocycles. The maximum absolute atomic E-state index is 12.6. The van der Waals surface area contributed by atoms with Gasteiger partial charge in [-0.2, -0.15) is 0 Å². The van der Waals surface area contributed by atoms with Crippen molar-refractivity contribution in [3.05, 3.63) is 61.3 Å². The summed E-state index contributed by atoms with van der Waals surface area (Å²) in [7, 11) is 1.28. The molecule has 0 saturated heterocycles. The number of carbonyl (C=O) groups excluding carboxylic acids is 2. The quantitative estimate of drug-likeness (QED) is 0.593. The molecule has 150 valence electrons. The normalized spacial score (nSPS) is 10.9. The number of rotatable bonds is 6. The zero-order chi connectivity index (χ0) is 21.2. The van der Waals surface area contributed by atoms with Crippen LogP contribution in [0.15, 0.2) is 27.8 Å². The van der Waals surface area contributed by atoms with Gasteiger partial charge in [-0.3, -0.25) is 18.7 Å². The molecule has 8 nitrogen and oxygen atoms in total. The molecule has 1 heterocycles. The van der Waals surface area contributed by atoms with E-state index >= 15 is 0 Å². The summed E-state index contributed by atoms with van der Waals surface area (Å²) in [6.07, 6.45) is 0. The number of nitrogens with two attached hydrogens (primary N) is 1. The maximum Gasteiger partial charge on any atom is 0.338 e. The molecule has 0 aliphatic rings. The van der Waals surface area contributed by atoms with Crippen molar-refractivity contribution in [3.63, 3.8) is 0 Å². The van der Waals surface area contributed by atoms with Crippen molar-refractivity contribution in [3.8, 4) is 0 Å².